The minimum atomic E-state index is -0.117. The highest BCUT2D eigenvalue weighted by atomic mass is 79.9. The molecule has 2 aromatic carbocycles. The van der Waals surface area contributed by atoms with Crippen LogP contribution < -0.4 is 10.1 Å². The topological polar surface area (TPSA) is 38.3 Å². The molecule has 0 aromatic heterocycles. The Balaban J connectivity index is 1.87. The Bertz CT molecular complexity index is 569. The lowest BCUT2D eigenvalue weighted by Crippen LogP contribution is -2.32. The Kier molecular flexibility index (Phi) is 5.81. The Labute approximate surface area is 133 Å². The minimum Gasteiger partial charge on any atom is -0.484 e. The molecule has 3 nitrogen and oxygen atoms in total. The summed E-state index contributed by atoms with van der Waals surface area (Å²) in [5.41, 5.74) is 1.11. The fraction of sp³-hybridized carbons (Fsp3) is 0.235. The zero-order valence-electron chi connectivity index (χ0n) is 11.9. The molecule has 1 N–H and O–H groups in total. The molecular formula is C17H18BrNO2. The molecule has 0 bridgehead atoms. The molecule has 0 unspecified atom stereocenters. The van der Waals surface area contributed by atoms with Gasteiger partial charge in [-0.1, -0.05) is 53.2 Å². The van der Waals surface area contributed by atoms with E-state index in [9.17, 15) is 4.79 Å². The molecule has 0 heterocycles. The summed E-state index contributed by atoms with van der Waals surface area (Å²) >= 11 is 3.36. The summed E-state index contributed by atoms with van der Waals surface area (Å²) in [5.74, 6) is 0.565. The van der Waals surface area contributed by atoms with Gasteiger partial charge in [-0.3, -0.25) is 4.79 Å². The predicted octanol–water partition coefficient (Wildman–Crippen LogP) is 4.10. The molecule has 0 fully saturated rings. The van der Waals surface area contributed by atoms with Gasteiger partial charge in [0.05, 0.1) is 6.04 Å². The van der Waals surface area contributed by atoms with Crippen LogP contribution >= 0.6 is 15.9 Å². The van der Waals surface area contributed by atoms with Crippen molar-refractivity contribution in [3.63, 3.8) is 0 Å². The van der Waals surface area contributed by atoms with Gasteiger partial charge in [-0.15, -0.1) is 0 Å². The second kappa shape index (κ2) is 7.84. The van der Waals surface area contributed by atoms with Gasteiger partial charge in [-0.2, -0.15) is 0 Å². The van der Waals surface area contributed by atoms with Crippen molar-refractivity contribution < 1.29 is 9.53 Å². The molecule has 0 radical (unpaired) electrons. The Morgan fingerprint density at radius 3 is 2.43 bits per heavy atom. The fourth-order valence-electron chi connectivity index (χ4n) is 2.02. The molecule has 1 atom stereocenters. The first-order valence-corrected chi connectivity index (χ1v) is 7.71. The lowest BCUT2D eigenvalue weighted by atomic mass is 10.0. The van der Waals surface area contributed by atoms with Crippen molar-refractivity contribution in [2.24, 2.45) is 0 Å². The first-order valence-electron chi connectivity index (χ1n) is 6.91. The van der Waals surface area contributed by atoms with Crippen LogP contribution in [0.5, 0.6) is 5.75 Å². The number of amides is 1. The summed E-state index contributed by atoms with van der Waals surface area (Å²) in [6, 6.07) is 17.4. The third-order valence-corrected chi connectivity index (χ3v) is 3.66. The fourth-order valence-corrected chi connectivity index (χ4v) is 2.29. The smallest absolute Gasteiger partial charge is 0.258 e. The van der Waals surface area contributed by atoms with Crippen molar-refractivity contribution in [1.82, 2.24) is 5.32 Å². The average molecular weight is 348 g/mol. The van der Waals surface area contributed by atoms with E-state index in [-0.39, 0.29) is 18.6 Å². The number of carbonyl (C=O) groups is 1. The van der Waals surface area contributed by atoms with Gasteiger partial charge < -0.3 is 10.1 Å². The first kappa shape index (κ1) is 15.6. The van der Waals surface area contributed by atoms with Crippen molar-refractivity contribution in [3.8, 4) is 5.75 Å². The van der Waals surface area contributed by atoms with Crippen molar-refractivity contribution in [2.75, 3.05) is 6.61 Å². The lowest BCUT2D eigenvalue weighted by molar-refractivity contribution is -0.123. The van der Waals surface area contributed by atoms with Gasteiger partial charge >= 0.3 is 0 Å². The van der Waals surface area contributed by atoms with Gasteiger partial charge in [0.25, 0.3) is 5.91 Å². The van der Waals surface area contributed by atoms with Crippen LogP contribution in [0.3, 0.4) is 0 Å². The highest BCUT2D eigenvalue weighted by Gasteiger charge is 2.12. The highest BCUT2D eigenvalue weighted by molar-refractivity contribution is 9.10. The predicted molar refractivity (Wildman–Crippen MR) is 87.3 cm³/mol. The quantitative estimate of drug-likeness (QED) is 0.854. The molecular weight excluding hydrogens is 330 g/mol. The number of hydrogen-bond donors (Lipinski definition) is 1. The van der Waals surface area contributed by atoms with E-state index < -0.39 is 0 Å². The number of hydrogen-bond acceptors (Lipinski definition) is 2. The molecule has 0 saturated heterocycles. The van der Waals surface area contributed by atoms with Gasteiger partial charge in [0.15, 0.2) is 6.61 Å². The van der Waals surface area contributed by atoms with E-state index in [1.165, 1.54) is 0 Å². The van der Waals surface area contributed by atoms with E-state index >= 15 is 0 Å². The van der Waals surface area contributed by atoms with Crippen LogP contribution in [0.4, 0.5) is 0 Å². The largest absolute Gasteiger partial charge is 0.484 e. The van der Waals surface area contributed by atoms with Gasteiger partial charge in [0.1, 0.15) is 5.75 Å². The molecule has 21 heavy (non-hydrogen) atoms. The maximum absolute atomic E-state index is 12.0. The van der Waals surface area contributed by atoms with E-state index in [2.05, 4.69) is 21.2 Å². The number of nitrogens with one attached hydrogen (secondary N) is 1. The van der Waals surface area contributed by atoms with Crippen LogP contribution in [0.25, 0.3) is 0 Å². The van der Waals surface area contributed by atoms with Gasteiger partial charge in [-0.25, -0.2) is 0 Å². The number of rotatable bonds is 6. The summed E-state index contributed by atoms with van der Waals surface area (Å²) in [4.78, 5) is 12.0. The number of ether oxygens (including phenoxy) is 1. The highest BCUT2D eigenvalue weighted by Crippen LogP contribution is 2.17. The van der Waals surface area contributed by atoms with Crippen LogP contribution in [-0.4, -0.2) is 12.5 Å². The van der Waals surface area contributed by atoms with Crippen molar-refractivity contribution in [2.45, 2.75) is 19.4 Å². The van der Waals surface area contributed by atoms with Gasteiger partial charge in [-0.05, 0) is 36.2 Å². The normalized spacial score (nSPS) is 11.7. The van der Waals surface area contributed by atoms with E-state index in [0.717, 1.165) is 16.5 Å². The molecule has 0 spiro atoms. The van der Waals surface area contributed by atoms with E-state index in [0.29, 0.717) is 5.75 Å². The SMILES string of the molecule is CC[C@@H](NC(=O)COc1ccc(Br)cc1)c1ccccc1. The summed E-state index contributed by atoms with van der Waals surface area (Å²) < 4.78 is 6.45. The molecule has 2 rings (SSSR count). The summed E-state index contributed by atoms with van der Waals surface area (Å²) in [7, 11) is 0. The zero-order chi connectivity index (χ0) is 15.1. The van der Waals surface area contributed by atoms with Gasteiger partial charge in [0.2, 0.25) is 0 Å². The van der Waals surface area contributed by atoms with Crippen molar-refractivity contribution in [3.05, 3.63) is 64.6 Å². The number of halogens is 1. The standard InChI is InChI=1S/C17H18BrNO2/c1-2-16(13-6-4-3-5-7-13)19-17(20)12-21-15-10-8-14(18)9-11-15/h3-11,16H,2,12H2,1H3,(H,19,20)/t16-/m1/s1. The maximum atomic E-state index is 12.0. The van der Waals surface area contributed by atoms with Crippen molar-refractivity contribution in [1.29, 1.82) is 0 Å². The molecule has 0 aliphatic carbocycles. The van der Waals surface area contributed by atoms with Crippen LogP contribution in [0.1, 0.15) is 24.9 Å². The van der Waals surface area contributed by atoms with Crippen LogP contribution in [-0.2, 0) is 4.79 Å². The summed E-state index contributed by atoms with van der Waals surface area (Å²) in [5, 5.41) is 2.99. The van der Waals surface area contributed by atoms with Crippen LogP contribution in [0.15, 0.2) is 59.1 Å². The van der Waals surface area contributed by atoms with Crippen LogP contribution in [0.2, 0.25) is 0 Å². The maximum Gasteiger partial charge on any atom is 0.258 e. The molecule has 0 saturated carbocycles. The summed E-state index contributed by atoms with van der Waals surface area (Å²) in [6.45, 7) is 2.07. The Morgan fingerprint density at radius 2 is 1.81 bits per heavy atom. The Morgan fingerprint density at radius 1 is 1.14 bits per heavy atom. The zero-order valence-corrected chi connectivity index (χ0v) is 13.5. The van der Waals surface area contributed by atoms with E-state index in [4.69, 9.17) is 4.74 Å². The van der Waals surface area contributed by atoms with Crippen molar-refractivity contribution >= 4 is 21.8 Å². The van der Waals surface area contributed by atoms with Crippen LogP contribution in [0, 0.1) is 0 Å². The third kappa shape index (κ3) is 4.90. The molecule has 2 aromatic rings. The monoisotopic (exact) mass is 347 g/mol. The van der Waals surface area contributed by atoms with E-state index in [1.807, 2.05) is 61.5 Å². The average Bonchev–Trinajstić information content (AvgIpc) is 2.53. The number of carbonyl (C=O) groups excluding carboxylic acids is 1. The number of benzene rings is 2. The summed E-state index contributed by atoms with van der Waals surface area (Å²) in [6.07, 6.45) is 0.841. The molecule has 0 aliphatic rings. The molecule has 0 aliphatic heterocycles. The lowest BCUT2D eigenvalue weighted by Gasteiger charge is -2.17. The first-order chi connectivity index (χ1) is 10.2. The van der Waals surface area contributed by atoms with E-state index in [1.54, 1.807) is 0 Å². The third-order valence-electron chi connectivity index (χ3n) is 3.13. The van der Waals surface area contributed by atoms with Gasteiger partial charge in [0, 0.05) is 4.47 Å². The second-order valence-electron chi connectivity index (χ2n) is 4.68. The molecule has 1 amide bonds. The Hall–Kier alpha value is -1.81. The second-order valence-corrected chi connectivity index (χ2v) is 5.60. The molecule has 110 valence electrons. The minimum absolute atomic E-state index is 0.0188. The molecule has 4 heteroatoms.